The largest absolute Gasteiger partial charge is 0.496 e. The molecule has 0 spiro atoms. The van der Waals surface area contributed by atoms with Gasteiger partial charge in [0.2, 0.25) is 5.91 Å². The van der Waals surface area contributed by atoms with E-state index in [9.17, 15) is 9.59 Å². The summed E-state index contributed by atoms with van der Waals surface area (Å²) in [5, 5.41) is 7.12. The standard InChI is InChI=1S/C21H23N3O5S/c1-13-5-7-19(30-13)15-6-8-21(26)24(23-15)12-20(25)22-11-14-9-17(28-3)18(29-4)10-16(14)27-2/h5-10H,11-12H2,1-4H3,(H,22,25). The molecule has 8 nitrogen and oxygen atoms in total. The fraction of sp³-hybridized carbons (Fsp3) is 0.286. The van der Waals surface area contributed by atoms with E-state index in [4.69, 9.17) is 14.2 Å². The molecule has 9 heteroatoms. The zero-order valence-corrected chi connectivity index (χ0v) is 18.0. The smallest absolute Gasteiger partial charge is 0.267 e. The third-order valence-corrected chi connectivity index (χ3v) is 5.44. The fourth-order valence-corrected chi connectivity index (χ4v) is 3.71. The summed E-state index contributed by atoms with van der Waals surface area (Å²) in [6, 6.07) is 10.4. The van der Waals surface area contributed by atoms with Crippen LogP contribution in [0.2, 0.25) is 0 Å². The Morgan fingerprint density at radius 2 is 1.73 bits per heavy atom. The molecule has 30 heavy (non-hydrogen) atoms. The number of aryl methyl sites for hydroxylation is 1. The average molecular weight is 429 g/mol. The summed E-state index contributed by atoms with van der Waals surface area (Å²) < 4.78 is 17.1. The van der Waals surface area contributed by atoms with Gasteiger partial charge in [-0.3, -0.25) is 9.59 Å². The Morgan fingerprint density at radius 3 is 2.37 bits per heavy atom. The number of aromatic nitrogens is 2. The third-order valence-electron chi connectivity index (χ3n) is 4.42. The second-order valence-electron chi connectivity index (χ2n) is 6.42. The van der Waals surface area contributed by atoms with Gasteiger partial charge in [-0.2, -0.15) is 5.10 Å². The Labute approximate surface area is 178 Å². The lowest BCUT2D eigenvalue weighted by molar-refractivity contribution is -0.122. The van der Waals surface area contributed by atoms with E-state index in [2.05, 4.69) is 10.4 Å². The summed E-state index contributed by atoms with van der Waals surface area (Å²) in [4.78, 5) is 26.7. The molecule has 0 unspecified atom stereocenters. The molecule has 2 aromatic heterocycles. The molecule has 158 valence electrons. The van der Waals surface area contributed by atoms with Crippen LogP contribution >= 0.6 is 11.3 Å². The number of rotatable bonds is 8. The molecule has 1 N–H and O–H groups in total. The summed E-state index contributed by atoms with van der Waals surface area (Å²) in [6.07, 6.45) is 0. The van der Waals surface area contributed by atoms with Gasteiger partial charge in [0.05, 0.1) is 26.2 Å². The average Bonchev–Trinajstić information content (AvgIpc) is 3.19. The van der Waals surface area contributed by atoms with Crippen LogP contribution in [0.25, 0.3) is 10.6 Å². The van der Waals surface area contributed by atoms with Crippen LogP contribution in [0.1, 0.15) is 10.4 Å². The molecule has 0 bridgehead atoms. The monoisotopic (exact) mass is 429 g/mol. The van der Waals surface area contributed by atoms with Crippen molar-refractivity contribution in [1.29, 1.82) is 0 Å². The van der Waals surface area contributed by atoms with Crippen LogP contribution in [0.4, 0.5) is 0 Å². The number of hydrogen-bond acceptors (Lipinski definition) is 7. The SMILES string of the molecule is COc1cc(OC)c(OC)cc1CNC(=O)Cn1nc(-c2ccc(C)s2)ccc1=O. The van der Waals surface area contributed by atoms with Crippen LogP contribution in [0.5, 0.6) is 17.2 Å². The molecule has 0 fully saturated rings. The summed E-state index contributed by atoms with van der Waals surface area (Å²) in [7, 11) is 4.61. The van der Waals surface area contributed by atoms with Crippen molar-refractivity contribution >= 4 is 17.2 Å². The predicted octanol–water partition coefficient (Wildman–Crippen LogP) is 2.62. The Morgan fingerprint density at radius 1 is 1.03 bits per heavy atom. The molecular formula is C21H23N3O5S. The highest BCUT2D eigenvalue weighted by Crippen LogP contribution is 2.34. The van der Waals surface area contributed by atoms with Crippen molar-refractivity contribution in [2.24, 2.45) is 0 Å². The van der Waals surface area contributed by atoms with E-state index in [1.807, 2.05) is 19.1 Å². The zero-order valence-electron chi connectivity index (χ0n) is 17.2. The maximum Gasteiger partial charge on any atom is 0.267 e. The Kier molecular flexibility index (Phi) is 6.73. The van der Waals surface area contributed by atoms with Crippen LogP contribution in [0.3, 0.4) is 0 Å². The number of methoxy groups -OCH3 is 3. The zero-order chi connectivity index (χ0) is 21.7. The number of carbonyl (C=O) groups is 1. The Bertz CT molecular complexity index is 1110. The van der Waals surface area contributed by atoms with Gasteiger partial charge in [0.1, 0.15) is 18.0 Å². The molecule has 0 saturated heterocycles. The maximum atomic E-state index is 12.5. The summed E-state index contributed by atoms with van der Waals surface area (Å²) in [5.74, 6) is 1.26. The Balaban J connectivity index is 1.73. The fourth-order valence-electron chi connectivity index (χ4n) is 2.88. The number of ether oxygens (including phenoxy) is 3. The number of nitrogens with one attached hydrogen (secondary N) is 1. The van der Waals surface area contributed by atoms with Crippen molar-refractivity contribution in [2.75, 3.05) is 21.3 Å². The van der Waals surface area contributed by atoms with Crippen molar-refractivity contribution in [2.45, 2.75) is 20.0 Å². The first kappa shape index (κ1) is 21.4. The molecule has 0 saturated carbocycles. The number of benzene rings is 1. The van der Waals surface area contributed by atoms with Gasteiger partial charge in [-0.05, 0) is 31.2 Å². The van der Waals surface area contributed by atoms with Crippen LogP contribution in [0.15, 0.2) is 41.2 Å². The quantitative estimate of drug-likeness (QED) is 0.592. The van der Waals surface area contributed by atoms with Crippen molar-refractivity contribution < 1.29 is 19.0 Å². The van der Waals surface area contributed by atoms with Crippen molar-refractivity contribution in [3.05, 3.63) is 57.2 Å². The molecule has 0 aliphatic carbocycles. The molecule has 0 radical (unpaired) electrons. The lowest BCUT2D eigenvalue weighted by atomic mass is 10.1. The van der Waals surface area contributed by atoms with Gasteiger partial charge in [0.15, 0.2) is 11.5 Å². The lowest BCUT2D eigenvalue weighted by Crippen LogP contribution is -2.33. The van der Waals surface area contributed by atoms with Gasteiger partial charge in [0.25, 0.3) is 5.56 Å². The van der Waals surface area contributed by atoms with E-state index in [0.29, 0.717) is 28.5 Å². The second kappa shape index (κ2) is 9.45. The minimum absolute atomic E-state index is 0.188. The normalized spacial score (nSPS) is 10.5. The first-order chi connectivity index (χ1) is 14.4. The molecule has 1 amide bonds. The number of thiophene rings is 1. The summed E-state index contributed by atoms with van der Waals surface area (Å²) in [6.45, 7) is 2.01. The van der Waals surface area contributed by atoms with Crippen LogP contribution < -0.4 is 25.1 Å². The van der Waals surface area contributed by atoms with E-state index in [0.717, 1.165) is 14.4 Å². The highest BCUT2D eigenvalue weighted by atomic mass is 32.1. The van der Waals surface area contributed by atoms with Crippen molar-refractivity contribution in [3.8, 4) is 27.8 Å². The third kappa shape index (κ3) is 4.80. The highest BCUT2D eigenvalue weighted by molar-refractivity contribution is 7.15. The summed E-state index contributed by atoms with van der Waals surface area (Å²) in [5.41, 5.74) is 1.03. The molecule has 3 rings (SSSR count). The minimum atomic E-state index is -0.346. The van der Waals surface area contributed by atoms with Crippen LogP contribution in [-0.2, 0) is 17.9 Å². The van der Waals surface area contributed by atoms with Crippen molar-refractivity contribution in [1.82, 2.24) is 15.1 Å². The highest BCUT2D eigenvalue weighted by Gasteiger charge is 2.14. The van der Waals surface area contributed by atoms with E-state index in [-0.39, 0.29) is 24.6 Å². The number of nitrogens with zero attached hydrogens (tertiary/aromatic N) is 2. The molecule has 0 atom stereocenters. The first-order valence-corrected chi connectivity index (χ1v) is 9.97. The molecular weight excluding hydrogens is 406 g/mol. The van der Waals surface area contributed by atoms with Crippen molar-refractivity contribution in [3.63, 3.8) is 0 Å². The topological polar surface area (TPSA) is 91.7 Å². The van der Waals surface area contributed by atoms with Crippen LogP contribution in [0, 0.1) is 6.92 Å². The number of amides is 1. The number of carbonyl (C=O) groups excluding carboxylic acids is 1. The van der Waals surface area contributed by atoms with Gasteiger partial charge in [-0.25, -0.2) is 4.68 Å². The second-order valence-corrected chi connectivity index (χ2v) is 7.71. The van der Waals surface area contributed by atoms with E-state index in [1.165, 1.54) is 27.4 Å². The van der Waals surface area contributed by atoms with E-state index in [1.54, 1.807) is 29.5 Å². The minimum Gasteiger partial charge on any atom is -0.496 e. The number of hydrogen-bond donors (Lipinski definition) is 1. The van der Waals surface area contributed by atoms with E-state index >= 15 is 0 Å². The molecule has 2 heterocycles. The van der Waals surface area contributed by atoms with Gasteiger partial charge in [0, 0.05) is 29.1 Å². The predicted molar refractivity (Wildman–Crippen MR) is 114 cm³/mol. The first-order valence-electron chi connectivity index (χ1n) is 9.15. The Hall–Kier alpha value is -3.33. The van der Waals surface area contributed by atoms with Crippen LogP contribution in [-0.4, -0.2) is 37.0 Å². The van der Waals surface area contributed by atoms with Gasteiger partial charge in [-0.1, -0.05) is 0 Å². The molecule has 3 aromatic rings. The molecule has 0 aliphatic heterocycles. The van der Waals surface area contributed by atoms with Gasteiger partial charge in [-0.15, -0.1) is 11.3 Å². The van der Waals surface area contributed by atoms with Gasteiger partial charge < -0.3 is 19.5 Å². The van der Waals surface area contributed by atoms with Gasteiger partial charge >= 0.3 is 0 Å². The lowest BCUT2D eigenvalue weighted by Gasteiger charge is -2.14. The molecule has 1 aromatic carbocycles. The molecule has 0 aliphatic rings. The summed E-state index contributed by atoms with van der Waals surface area (Å²) >= 11 is 1.58. The maximum absolute atomic E-state index is 12.5. The van der Waals surface area contributed by atoms with E-state index < -0.39 is 0 Å².